The Morgan fingerprint density at radius 2 is 2.06 bits per heavy atom. The summed E-state index contributed by atoms with van der Waals surface area (Å²) in [5.74, 6) is -0.292. The second-order valence-electron chi connectivity index (χ2n) is 4.11. The van der Waals surface area contributed by atoms with Crippen LogP contribution in [0.15, 0.2) is 36.4 Å². The molecule has 0 aliphatic rings. The predicted octanol–water partition coefficient (Wildman–Crippen LogP) is 2.32. The third kappa shape index (κ3) is 2.28. The number of fused-ring (bicyclic) bond motifs is 1. The first-order valence-corrected chi connectivity index (χ1v) is 5.66. The summed E-state index contributed by atoms with van der Waals surface area (Å²) in [6.07, 6.45) is -0.121. The highest BCUT2D eigenvalue weighted by Crippen LogP contribution is 2.33. The van der Waals surface area contributed by atoms with Gasteiger partial charge in [-0.3, -0.25) is 4.79 Å². The average molecular weight is 245 g/mol. The Bertz CT molecular complexity index is 580. The van der Waals surface area contributed by atoms with Crippen molar-refractivity contribution in [1.29, 1.82) is 0 Å². The molecular formula is C14H15NO3. The van der Waals surface area contributed by atoms with Gasteiger partial charge in [-0.25, -0.2) is 0 Å². The molecule has 2 rings (SSSR count). The van der Waals surface area contributed by atoms with Gasteiger partial charge in [-0.15, -0.1) is 0 Å². The van der Waals surface area contributed by atoms with E-state index in [2.05, 4.69) is 0 Å². The maximum atomic E-state index is 10.8. The fourth-order valence-electron chi connectivity index (χ4n) is 2.13. The molecule has 1 unspecified atom stereocenters. The first-order valence-electron chi connectivity index (χ1n) is 5.66. The fourth-order valence-corrected chi connectivity index (χ4v) is 2.13. The van der Waals surface area contributed by atoms with Crippen LogP contribution in [-0.4, -0.2) is 18.2 Å². The van der Waals surface area contributed by atoms with Crippen LogP contribution in [0.25, 0.3) is 10.8 Å². The number of rotatable bonds is 4. The van der Waals surface area contributed by atoms with Crippen molar-refractivity contribution >= 4 is 16.7 Å². The zero-order valence-electron chi connectivity index (χ0n) is 10.1. The molecule has 0 amide bonds. The Hall–Kier alpha value is -2.07. The molecule has 4 nitrogen and oxygen atoms in total. The largest absolute Gasteiger partial charge is 0.496 e. The zero-order valence-corrected chi connectivity index (χ0v) is 10.1. The van der Waals surface area contributed by atoms with E-state index >= 15 is 0 Å². The number of hydrogen-bond acceptors (Lipinski definition) is 3. The first kappa shape index (κ1) is 12.4. The maximum absolute atomic E-state index is 10.8. The molecule has 0 fully saturated rings. The van der Waals surface area contributed by atoms with Crippen molar-refractivity contribution < 1.29 is 14.6 Å². The minimum absolute atomic E-state index is 0.121. The third-order valence-corrected chi connectivity index (χ3v) is 2.92. The van der Waals surface area contributed by atoms with Gasteiger partial charge < -0.3 is 15.6 Å². The molecule has 2 aromatic rings. The molecule has 18 heavy (non-hydrogen) atoms. The van der Waals surface area contributed by atoms with E-state index in [0.717, 1.165) is 16.3 Å². The number of benzene rings is 2. The van der Waals surface area contributed by atoms with Gasteiger partial charge in [0.25, 0.3) is 0 Å². The van der Waals surface area contributed by atoms with Gasteiger partial charge in [0.1, 0.15) is 5.75 Å². The highest BCUT2D eigenvalue weighted by Gasteiger charge is 2.18. The highest BCUT2D eigenvalue weighted by atomic mass is 16.5. The lowest BCUT2D eigenvalue weighted by atomic mass is 9.96. The second kappa shape index (κ2) is 5.06. The number of carboxylic acid groups (broad SMARTS) is 1. The number of carboxylic acids is 1. The lowest BCUT2D eigenvalue weighted by Crippen LogP contribution is -2.16. The Morgan fingerprint density at radius 3 is 2.72 bits per heavy atom. The number of carbonyl (C=O) groups is 1. The van der Waals surface area contributed by atoms with Crippen LogP contribution < -0.4 is 10.5 Å². The van der Waals surface area contributed by atoms with Gasteiger partial charge in [0, 0.05) is 11.6 Å². The van der Waals surface area contributed by atoms with Crippen LogP contribution in [0.1, 0.15) is 18.0 Å². The maximum Gasteiger partial charge on any atom is 0.305 e. The van der Waals surface area contributed by atoms with Gasteiger partial charge in [-0.1, -0.05) is 30.3 Å². The molecule has 1 atom stereocenters. The molecule has 4 heteroatoms. The summed E-state index contributed by atoms with van der Waals surface area (Å²) in [5.41, 5.74) is 6.73. The molecule has 0 heterocycles. The van der Waals surface area contributed by atoms with Gasteiger partial charge in [-0.2, -0.15) is 0 Å². The van der Waals surface area contributed by atoms with Gasteiger partial charge in [0.15, 0.2) is 0 Å². The standard InChI is InChI=1S/C14H15NO3/c1-18-12-7-6-9-4-2-3-5-10(9)14(12)11(15)8-13(16)17/h2-7,11H,8,15H2,1H3,(H,16,17). The summed E-state index contributed by atoms with van der Waals surface area (Å²) >= 11 is 0. The Kier molecular flexibility index (Phi) is 3.48. The number of hydrogen-bond donors (Lipinski definition) is 2. The molecule has 0 aliphatic heterocycles. The van der Waals surface area contributed by atoms with E-state index in [1.807, 2.05) is 36.4 Å². The van der Waals surface area contributed by atoms with Crippen LogP contribution in [0, 0.1) is 0 Å². The van der Waals surface area contributed by atoms with Crippen LogP contribution >= 0.6 is 0 Å². The molecule has 0 saturated heterocycles. The number of aliphatic carboxylic acids is 1. The molecule has 0 aromatic heterocycles. The molecule has 0 saturated carbocycles. The van der Waals surface area contributed by atoms with Crippen LogP contribution in [0.3, 0.4) is 0 Å². The van der Waals surface area contributed by atoms with E-state index in [1.165, 1.54) is 0 Å². The monoisotopic (exact) mass is 245 g/mol. The van der Waals surface area contributed by atoms with Gasteiger partial charge in [-0.05, 0) is 16.8 Å². The SMILES string of the molecule is COc1ccc2ccccc2c1C(N)CC(=O)O. The van der Waals surface area contributed by atoms with E-state index < -0.39 is 12.0 Å². The Morgan fingerprint density at radius 1 is 1.33 bits per heavy atom. The van der Waals surface area contributed by atoms with Crippen LogP contribution in [0.5, 0.6) is 5.75 Å². The number of nitrogens with two attached hydrogens (primary N) is 1. The van der Waals surface area contributed by atoms with E-state index in [0.29, 0.717) is 5.75 Å². The summed E-state index contributed by atoms with van der Waals surface area (Å²) in [4.78, 5) is 10.8. The minimum atomic E-state index is -0.919. The van der Waals surface area contributed by atoms with Crippen molar-refractivity contribution in [2.24, 2.45) is 5.73 Å². The van der Waals surface area contributed by atoms with Gasteiger partial charge >= 0.3 is 5.97 Å². The van der Waals surface area contributed by atoms with E-state index in [4.69, 9.17) is 15.6 Å². The van der Waals surface area contributed by atoms with E-state index in [-0.39, 0.29) is 6.42 Å². The van der Waals surface area contributed by atoms with Crippen LogP contribution in [0.4, 0.5) is 0 Å². The number of ether oxygens (including phenoxy) is 1. The molecule has 0 radical (unpaired) electrons. The Balaban J connectivity index is 2.60. The summed E-state index contributed by atoms with van der Waals surface area (Å²) < 4.78 is 5.28. The molecule has 0 bridgehead atoms. The lowest BCUT2D eigenvalue weighted by molar-refractivity contribution is -0.137. The summed E-state index contributed by atoms with van der Waals surface area (Å²) in [7, 11) is 1.56. The van der Waals surface area contributed by atoms with Crippen molar-refractivity contribution in [1.82, 2.24) is 0 Å². The van der Waals surface area contributed by atoms with Crippen LogP contribution in [-0.2, 0) is 4.79 Å². The van der Waals surface area contributed by atoms with Gasteiger partial charge in [0.2, 0.25) is 0 Å². The Labute approximate surface area is 105 Å². The molecule has 3 N–H and O–H groups in total. The molecule has 94 valence electrons. The average Bonchev–Trinajstić information content (AvgIpc) is 2.36. The summed E-state index contributed by atoms with van der Waals surface area (Å²) in [6.45, 7) is 0. The minimum Gasteiger partial charge on any atom is -0.496 e. The molecule has 0 aliphatic carbocycles. The number of methoxy groups -OCH3 is 1. The summed E-state index contributed by atoms with van der Waals surface area (Å²) in [5, 5.41) is 10.8. The third-order valence-electron chi connectivity index (χ3n) is 2.92. The lowest BCUT2D eigenvalue weighted by Gasteiger charge is -2.16. The fraction of sp³-hybridized carbons (Fsp3) is 0.214. The second-order valence-corrected chi connectivity index (χ2v) is 4.11. The normalized spacial score (nSPS) is 12.3. The van der Waals surface area contributed by atoms with Crippen molar-refractivity contribution in [3.63, 3.8) is 0 Å². The van der Waals surface area contributed by atoms with Gasteiger partial charge in [0.05, 0.1) is 13.5 Å². The topological polar surface area (TPSA) is 72.5 Å². The van der Waals surface area contributed by atoms with Crippen LogP contribution in [0.2, 0.25) is 0 Å². The molecule has 0 spiro atoms. The molecule has 2 aromatic carbocycles. The highest BCUT2D eigenvalue weighted by molar-refractivity contribution is 5.88. The first-order chi connectivity index (χ1) is 8.63. The zero-order chi connectivity index (χ0) is 13.1. The van der Waals surface area contributed by atoms with Crippen molar-refractivity contribution in [3.8, 4) is 5.75 Å². The van der Waals surface area contributed by atoms with E-state index in [9.17, 15) is 4.79 Å². The quantitative estimate of drug-likeness (QED) is 0.867. The molecular weight excluding hydrogens is 230 g/mol. The van der Waals surface area contributed by atoms with Crippen molar-refractivity contribution in [2.45, 2.75) is 12.5 Å². The van der Waals surface area contributed by atoms with Crippen molar-refractivity contribution in [3.05, 3.63) is 42.0 Å². The summed E-state index contributed by atoms with van der Waals surface area (Å²) in [6, 6.07) is 10.9. The van der Waals surface area contributed by atoms with E-state index in [1.54, 1.807) is 7.11 Å². The smallest absolute Gasteiger partial charge is 0.305 e. The van der Waals surface area contributed by atoms with Crippen molar-refractivity contribution in [2.75, 3.05) is 7.11 Å². The predicted molar refractivity (Wildman–Crippen MR) is 69.7 cm³/mol.